The van der Waals surface area contributed by atoms with Crippen molar-refractivity contribution in [2.75, 3.05) is 0 Å². The topological polar surface area (TPSA) is 52.6 Å². The van der Waals surface area contributed by atoms with E-state index in [9.17, 15) is 21.6 Å². The Hall–Kier alpha value is -1.70. The van der Waals surface area contributed by atoms with Crippen LogP contribution in [0.3, 0.4) is 0 Å². The minimum absolute atomic E-state index is 0.169. The van der Waals surface area contributed by atoms with Gasteiger partial charge in [0.05, 0.1) is 5.56 Å². The van der Waals surface area contributed by atoms with Crippen LogP contribution in [0.4, 0.5) is 13.2 Å². The second-order valence-electron chi connectivity index (χ2n) is 5.15. The monoisotopic (exact) mass is 322 g/mol. The summed E-state index contributed by atoms with van der Waals surface area (Å²) in [6.07, 6.45) is 1.21. The molecule has 0 N–H and O–H groups in total. The maximum Gasteiger partial charge on any atom is 0.534 e. The van der Waals surface area contributed by atoms with E-state index in [-0.39, 0.29) is 11.3 Å². The van der Waals surface area contributed by atoms with E-state index in [0.29, 0.717) is 11.3 Å². The van der Waals surface area contributed by atoms with Gasteiger partial charge in [-0.2, -0.15) is 21.6 Å². The van der Waals surface area contributed by atoms with Crippen LogP contribution in [0.15, 0.2) is 24.3 Å². The molecule has 0 spiro atoms. The molecule has 1 aromatic rings. The van der Waals surface area contributed by atoms with Crippen LogP contribution < -0.4 is 4.74 Å². The molecule has 0 aromatic heterocycles. The maximum atomic E-state index is 12.5. The average Bonchev–Trinajstić information content (AvgIpc) is 2.27. The van der Waals surface area contributed by atoms with E-state index >= 15 is 0 Å². The van der Waals surface area contributed by atoms with E-state index < -0.39 is 21.2 Å². The highest BCUT2D eigenvalue weighted by Gasteiger charge is 2.49. The van der Waals surface area contributed by atoms with E-state index in [1.165, 1.54) is 12.1 Å². The molecule has 0 unspecified atom stereocenters. The zero-order valence-electron chi connectivity index (χ0n) is 11.5. The Morgan fingerprint density at radius 1 is 1.24 bits per heavy atom. The number of hydrogen-bond donors (Lipinski definition) is 0. The number of rotatable bonds is 2. The third-order valence-corrected chi connectivity index (χ3v) is 3.77. The number of ether oxygens (including phenoxy) is 1. The van der Waals surface area contributed by atoms with Gasteiger partial charge in [-0.3, -0.25) is 0 Å². The summed E-state index contributed by atoms with van der Waals surface area (Å²) >= 11 is 0. The Morgan fingerprint density at radius 2 is 1.86 bits per heavy atom. The molecule has 1 heterocycles. The lowest BCUT2D eigenvalue weighted by molar-refractivity contribution is -0.0510. The van der Waals surface area contributed by atoms with E-state index in [1.807, 2.05) is 0 Å². The Labute approximate surface area is 120 Å². The lowest BCUT2D eigenvalue weighted by atomic mass is 9.99. The third-order valence-electron chi connectivity index (χ3n) is 2.80. The fraction of sp³-hybridized carbons (Fsp3) is 0.385. The molecule has 0 saturated carbocycles. The standard InChI is InChI=1S/C13H13F3O4S/c1-8-5-4-6-9-10(7-12(2,3)19-11(8)9)20-21(17,18)13(14,15)16/h4-7H,1-3H3. The van der Waals surface area contributed by atoms with Gasteiger partial charge in [-0.05, 0) is 32.4 Å². The van der Waals surface area contributed by atoms with Gasteiger partial charge in [-0.25, -0.2) is 0 Å². The zero-order valence-corrected chi connectivity index (χ0v) is 12.3. The number of fused-ring (bicyclic) bond motifs is 1. The second-order valence-corrected chi connectivity index (χ2v) is 6.69. The van der Waals surface area contributed by atoms with Crippen LogP contribution >= 0.6 is 0 Å². The van der Waals surface area contributed by atoms with Crippen molar-refractivity contribution in [1.82, 2.24) is 0 Å². The van der Waals surface area contributed by atoms with Crippen molar-refractivity contribution in [2.24, 2.45) is 0 Å². The molecular formula is C13H13F3O4S. The highest BCUT2D eigenvalue weighted by molar-refractivity contribution is 7.87. The van der Waals surface area contributed by atoms with Crippen molar-refractivity contribution in [3.63, 3.8) is 0 Å². The minimum Gasteiger partial charge on any atom is -0.483 e. The molecule has 1 aromatic carbocycles. The molecule has 0 amide bonds. The molecule has 1 aliphatic heterocycles. The van der Waals surface area contributed by atoms with Gasteiger partial charge < -0.3 is 8.92 Å². The Kier molecular flexibility index (Phi) is 3.48. The normalized spacial score (nSPS) is 17.5. The van der Waals surface area contributed by atoms with Gasteiger partial charge in [0.25, 0.3) is 0 Å². The average molecular weight is 322 g/mol. The molecule has 1 aliphatic rings. The number of halogens is 3. The number of aryl methyl sites for hydroxylation is 1. The smallest absolute Gasteiger partial charge is 0.483 e. The summed E-state index contributed by atoms with van der Waals surface area (Å²) in [6.45, 7) is 4.88. The fourth-order valence-electron chi connectivity index (χ4n) is 1.90. The van der Waals surface area contributed by atoms with Crippen LogP contribution in [0.1, 0.15) is 25.0 Å². The highest BCUT2D eigenvalue weighted by atomic mass is 32.2. The van der Waals surface area contributed by atoms with Gasteiger partial charge in [0, 0.05) is 6.08 Å². The summed E-state index contributed by atoms with van der Waals surface area (Å²) < 4.78 is 69.7. The molecule has 8 heteroatoms. The first-order chi connectivity index (χ1) is 9.43. The molecule has 21 heavy (non-hydrogen) atoms. The van der Waals surface area contributed by atoms with Crippen molar-refractivity contribution in [3.8, 4) is 5.75 Å². The van der Waals surface area contributed by atoms with Crippen molar-refractivity contribution in [2.45, 2.75) is 31.9 Å². The number of alkyl halides is 3. The van der Waals surface area contributed by atoms with Gasteiger partial charge in [0.1, 0.15) is 11.4 Å². The quantitative estimate of drug-likeness (QED) is 0.619. The van der Waals surface area contributed by atoms with Crippen LogP contribution in [-0.2, 0) is 14.3 Å². The molecule has 0 fully saturated rings. The minimum atomic E-state index is -5.73. The summed E-state index contributed by atoms with van der Waals surface area (Å²) in [4.78, 5) is 0. The van der Waals surface area contributed by atoms with Crippen molar-refractivity contribution < 1.29 is 30.5 Å². The number of benzene rings is 1. The van der Waals surface area contributed by atoms with Crippen LogP contribution in [0, 0.1) is 6.92 Å². The molecular weight excluding hydrogens is 309 g/mol. The van der Waals surface area contributed by atoms with Crippen molar-refractivity contribution in [1.29, 1.82) is 0 Å². The lowest BCUT2D eigenvalue weighted by Gasteiger charge is -2.31. The first kappa shape index (κ1) is 15.7. The first-order valence-corrected chi connectivity index (χ1v) is 7.36. The van der Waals surface area contributed by atoms with Crippen LogP contribution in [0.25, 0.3) is 5.76 Å². The molecule has 0 aliphatic carbocycles. The summed E-state index contributed by atoms with van der Waals surface area (Å²) in [5, 5.41) is 0. The molecule has 116 valence electrons. The number of hydrogen-bond acceptors (Lipinski definition) is 4. The molecule has 4 nitrogen and oxygen atoms in total. The lowest BCUT2D eigenvalue weighted by Crippen LogP contribution is -2.32. The summed E-state index contributed by atoms with van der Waals surface area (Å²) in [5.74, 6) is -0.0837. The zero-order chi connectivity index (χ0) is 16.1. The van der Waals surface area contributed by atoms with Crippen LogP contribution in [0.5, 0.6) is 5.75 Å². The molecule has 2 rings (SSSR count). The molecule has 0 bridgehead atoms. The van der Waals surface area contributed by atoms with Gasteiger partial charge in [-0.15, -0.1) is 0 Å². The summed E-state index contributed by atoms with van der Waals surface area (Å²) in [6, 6.07) is 4.72. The number of para-hydroxylation sites is 1. The molecule has 0 saturated heterocycles. The van der Waals surface area contributed by atoms with Gasteiger partial charge in [0.15, 0.2) is 5.76 Å². The Balaban J connectivity index is 2.54. The summed E-state index contributed by atoms with van der Waals surface area (Å²) in [7, 11) is -5.73. The second kappa shape index (κ2) is 4.66. The van der Waals surface area contributed by atoms with Gasteiger partial charge in [-0.1, -0.05) is 12.1 Å². The van der Waals surface area contributed by atoms with Crippen molar-refractivity contribution in [3.05, 3.63) is 35.4 Å². The third kappa shape index (κ3) is 2.99. The summed E-state index contributed by atoms with van der Waals surface area (Å²) in [5.41, 5.74) is -5.64. The van der Waals surface area contributed by atoms with E-state index in [4.69, 9.17) is 4.74 Å². The van der Waals surface area contributed by atoms with Gasteiger partial charge >= 0.3 is 15.6 Å². The Morgan fingerprint density at radius 3 is 2.43 bits per heavy atom. The largest absolute Gasteiger partial charge is 0.534 e. The fourth-order valence-corrected chi connectivity index (χ4v) is 2.37. The Bertz CT molecular complexity index is 703. The molecule has 0 atom stereocenters. The SMILES string of the molecule is Cc1cccc2c1OC(C)(C)C=C2OS(=O)(=O)C(F)(F)F. The van der Waals surface area contributed by atoms with Crippen molar-refractivity contribution >= 4 is 15.9 Å². The van der Waals surface area contributed by atoms with Crippen LogP contribution in [-0.4, -0.2) is 19.5 Å². The maximum absolute atomic E-state index is 12.5. The van der Waals surface area contributed by atoms with Gasteiger partial charge in [0.2, 0.25) is 0 Å². The van der Waals surface area contributed by atoms with Crippen LogP contribution in [0.2, 0.25) is 0 Å². The molecule has 0 radical (unpaired) electrons. The first-order valence-electron chi connectivity index (χ1n) is 5.95. The van der Waals surface area contributed by atoms with E-state index in [1.54, 1.807) is 32.9 Å². The van der Waals surface area contributed by atoms with E-state index in [0.717, 1.165) is 0 Å². The van der Waals surface area contributed by atoms with E-state index in [2.05, 4.69) is 4.18 Å². The predicted molar refractivity (Wildman–Crippen MR) is 69.9 cm³/mol. The predicted octanol–water partition coefficient (Wildman–Crippen LogP) is 3.37. The highest BCUT2D eigenvalue weighted by Crippen LogP contribution is 2.40.